The Morgan fingerprint density at radius 3 is 2.58 bits per heavy atom. The average molecular weight is 165 g/mol. The maximum Gasteiger partial charge on any atom is 0.133 e. The topological polar surface area (TPSA) is 58.0 Å². The first kappa shape index (κ1) is 7.64. The summed E-state index contributed by atoms with van der Waals surface area (Å²) < 4.78 is 0. The first-order chi connectivity index (χ1) is 5.72. The molecule has 0 atom stereocenters. The van der Waals surface area contributed by atoms with Gasteiger partial charge in [-0.05, 0) is 6.92 Å². The Morgan fingerprint density at radius 1 is 1.42 bits per heavy atom. The number of aliphatic hydroxyl groups is 1. The summed E-state index contributed by atoms with van der Waals surface area (Å²) >= 11 is 0. The van der Waals surface area contributed by atoms with E-state index in [1.807, 2.05) is 6.92 Å². The number of rotatable bonds is 1. The molecule has 0 aliphatic carbocycles. The SMILES string of the molecule is Cc1nccnc1C1(O)CNC1. The normalized spacial score (nSPS) is 20.2. The van der Waals surface area contributed by atoms with Crippen molar-refractivity contribution in [3.05, 3.63) is 23.8 Å². The van der Waals surface area contributed by atoms with Crippen LogP contribution >= 0.6 is 0 Å². The van der Waals surface area contributed by atoms with Gasteiger partial charge in [0.15, 0.2) is 0 Å². The molecule has 0 spiro atoms. The monoisotopic (exact) mass is 165 g/mol. The molecule has 0 saturated carbocycles. The minimum atomic E-state index is -0.779. The van der Waals surface area contributed by atoms with Gasteiger partial charge >= 0.3 is 0 Å². The van der Waals surface area contributed by atoms with Gasteiger partial charge in [0, 0.05) is 25.5 Å². The molecule has 1 fully saturated rings. The quantitative estimate of drug-likeness (QED) is 0.593. The van der Waals surface area contributed by atoms with Crippen LogP contribution in [0.15, 0.2) is 12.4 Å². The third-order valence-corrected chi connectivity index (χ3v) is 2.16. The minimum Gasteiger partial charge on any atom is -0.381 e. The van der Waals surface area contributed by atoms with E-state index in [1.165, 1.54) is 0 Å². The number of nitrogens with zero attached hydrogens (tertiary/aromatic N) is 2. The molecule has 0 bridgehead atoms. The van der Waals surface area contributed by atoms with E-state index in [-0.39, 0.29) is 0 Å². The molecule has 1 aliphatic heterocycles. The van der Waals surface area contributed by atoms with Gasteiger partial charge in [0.25, 0.3) is 0 Å². The molecule has 4 heteroatoms. The number of β-amino-alcohol motifs (C(OH)–C–C–N with tert-alkyl or cyclic N) is 1. The molecule has 1 saturated heterocycles. The highest BCUT2D eigenvalue weighted by atomic mass is 16.3. The predicted molar refractivity (Wildman–Crippen MR) is 43.5 cm³/mol. The van der Waals surface area contributed by atoms with Crippen LogP contribution in [-0.4, -0.2) is 28.2 Å². The van der Waals surface area contributed by atoms with Gasteiger partial charge in [0.1, 0.15) is 5.60 Å². The van der Waals surface area contributed by atoms with E-state index in [1.54, 1.807) is 12.4 Å². The lowest BCUT2D eigenvalue weighted by Gasteiger charge is -2.37. The van der Waals surface area contributed by atoms with Gasteiger partial charge in [-0.3, -0.25) is 9.97 Å². The summed E-state index contributed by atoms with van der Waals surface area (Å²) in [5, 5.41) is 12.9. The standard InChI is InChI=1S/C8H11N3O/c1-6-7(11-3-2-10-6)8(12)4-9-5-8/h2-3,9,12H,4-5H2,1H3. The molecule has 0 radical (unpaired) electrons. The van der Waals surface area contributed by atoms with Gasteiger partial charge in [0.2, 0.25) is 0 Å². The molecule has 0 aromatic carbocycles. The van der Waals surface area contributed by atoms with Crippen molar-refractivity contribution in [3.63, 3.8) is 0 Å². The molecular weight excluding hydrogens is 154 g/mol. The summed E-state index contributed by atoms with van der Waals surface area (Å²) in [6.07, 6.45) is 3.24. The van der Waals surface area contributed by atoms with E-state index in [4.69, 9.17) is 0 Å². The van der Waals surface area contributed by atoms with Crippen molar-refractivity contribution in [3.8, 4) is 0 Å². The fourth-order valence-electron chi connectivity index (χ4n) is 1.39. The van der Waals surface area contributed by atoms with Crippen molar-refractivity contribution in [2.24, 2.45) is 0 Å². The van der Waals surface area contributed by atoms with Crippen LogP contribution in [0.5, 0.6) is 0 Å². The second-order valence-corrected chi connectivity index (χ2v) is 3.13. The van der Waals surface area contributed by atoms with Crippen LogP contribution in [0.3, 0.4) is 0 Å². The maximum atomic E-state index is 9.90. The van der Waals surface area contributed by atoms with Gasteiger partial charge in [-0.15, -0.1) is 0 Å². The molecule has 64 valence electrons. The van der Waals surface area contributed by atoms with Crippen LogP contribution in [0.4, 0.5) is 0 Å². The Labute approximate surface area is 70.7 Å². The van der Waals surface area contributed by atoms with Crippen LogP contribution in [0.25, 0.3) is 0 Å². The molecule has 1 aromatic rings. The Morgan fingerprint density at radius 2 is 2.08 bits per heavy atom. The predicted octanol–water partition coefficient (Wildman–Crippen LogP) is -0.424. The number of hydrogen-bond donors (Lipinski definition) is 2. The largest absolute Gasteiger partial charge is 0.381 e. The average Bonchev–Trinajstić information content (AvgIpc) is 2.01. The molecular formula is C8H11N3O. The van der Waals surface area contributed by atoms with Crippen LogP contribution < -0.4 is 5.32 Å². The van der Waals surface area contributed by atoms with Crippen LogP contribution in [0.1, 0.15) is 11.4 Å². The van der Waals surface area contributed by atoms with Gasteiger partial charge in [0.05, 0.1) is 11.4 Å². The smallest absolute Gasteiger partial charge is 0.133 e. The number of hydrogen-bond acceptors (Lipinski definition) is 4. The number of nitrogens with one attached hydrogen (secondary N) is 1. The summed E-state index contributed by atoms with van der Waals surface area (Å²) in [4.78, 5) is 8.20. The van der Waals surface area contributed by atoms with Gasteiger partial charge in [-0.2, -0.15) is 0 Å². The molecule has 2 rings (SSSR count). The Balaban J connectivity index is 2.39. The number of aryl methyl sites for hydroxylation is 1. The van der Waals surface area contributed by atoms with E-state index >= 15 is 0 Å². The lowest BCUT2D eigenvalue weighted by molar-refractivity contribution is -0.0195. The first-order valence-electron chi connectivity index (χ1n) is 3.93. The lowest BCUT2D eigenvalue weighted by atomic mass is 9.91. The third kappa shape index (κ3) is 1.00. The van der Waals surface area contributed by atoms with Gasteiger partial charge < -0.3 is 10.4 Å². The second-order valence-electron chi connectivity index (χ2n) is 3.13. The van der Waals surface area contributed by atoms with E-state index < -0.39 is 5.60 Å². The highest BCUT2D eigenvalue weighted by Crippen LogP contribution is 2.24. The van der Waals surface area contributed by atoms with E-state index in [2.05, 4.69) is 15.3 Å². The van der Waals surface area contributed by atoms with Crippen molar-refractivity contribution in [1.82, 2.24) is 15.3 Å². The fourth-order valence-corrected chi connectivity index (χ4v) is 1.39. The molecule has 1 aliphatic rings. The first-order valence-corrected chi connectivity index (χ1v) is 3.93. The fraction of sp³-hybridized carbons (Fsp3) is 0.500. The summed E-state index contributed by atoms with van der Waals surface area (Å²) in [7, 11) is 0. The molecule has 2 heterocycles. The summed E-state index contributed by atoms with van der Waals surface area (Å²) in [5.41, 5.74) is 0.725. The van der Waals surface area contributed by atoms with Crippen molar-refractivity contribution < 1.29 is 5.11 Å². The van der Waals surface area contributed by atoms with Gasteiger partial charge in [-0.1, -0.05) is 0 Å². The van der Waals surface area contributed by atoms with Crippen molar-refractivity contribution in [2.75, 3.05) is 13.1 Å². The zero-order valence-corrected chi connectivity index (χ0v) is 6.91. The third-order valence-electron chi connectivity index (χ3n) is 2.16. The van der Waals surface area contributed by atoms with E-state index in [0.717, 1.165) is 5.69 Å². The maximum absolute atomic E-state index is 9.90. The summed E-state index contributed by atoms with van der Waals surface area (Å²) in [5.74, 6) is 0. The highest BCUT2D eigenvalue weighted by molar-refractivity contribution is 5.21. The lowest BCUT2D eigenvalue weighted by Crippen LogP contribution is -2.57. The van der Waals surface area contributed by atoms with Gasteiger partial charge in [-0.25, -0.2) is 0 Å². The zero-order chi connectivity index (χ0) is 8.60. The zero-order valence-electron chi connectivity index (χ0n) is 6.91. The Hall–Kier alpha value is -1.00. The van der Waals surface area contributed by atoms with Crippen molar-refractivity contribution in [2.45, 2.75) is 12.5 Å². The summed E-state index contributed by atoms with van der Waals surface area (Å²) in [6.45, 7) is 3.01. The van der Waals surface area contributed by atoms with E-state index in [0.29, 0.717) is 18.8 Å². The molecule has 12 heavy (non-hydrogen) atoms. The molecule has 0 amide bonds. The van der Waals surface area contributed by atoms with E-state index in [9.17, 15) is 5.11 Å². The molecule has 2 N–H and O–H groups in total. The minimum absolute atomic E-state index is 0.576. The Bertz CT molecular complexity index is 296. The summed E-state index contributed by atoms with van der Waals surface area (Å²) in [6, 6.07) is 0. The number of aromatic nitrogens is 2. The Kier molecular flexibility index (Phi) is 1.59. The molecule has 1 aromatic heterocycles. The molecule has 4 nitrogen and oxygen atoms in total. The second kappa shape index (κ2) is 2.50. The van der Waals surface area contributed by atoms with Crippen LogP contribution in [0.2, 0.25) is 0 Å². The van der Waals surface area contributed by atoms with Crippen LogP contribution in [-0.2, 0) is 5.60 Å². The highest BCUT2D eigenvalue weighted by Gasteiger charge is 2.38. The van der Waals surface area contributed by atoms with Crippen molar-refractivity contribution >= 4 is 0 Å². The van der Waals surface area contributed by atoms with Crippen LogP contribution in [0, 0.1) is 6.92 Å². The van der Waals surface area contributed by atoms with Crippen molar-refractivity contribution in [1.29, 1.82) is 0 Å². The molecule has 0 unspecified atom stereocenters.